The second-order valence-electron chi connectivity index (χ2n) is 3.68. The monoisotopic (exact) mass is 291 g/mol. The summed E-state index contributed by atoms with van der Waals surface area (Å²) >= 11 is 6.81. The predicted octanol–water partition coefficient (Wildman–Crippen LogP) is 1.29. The molecule has 1 aromatic heterocycles. The maximum atomic E-state index is 11.0. The van der Waals surface area contributed by atoms with Gasteiger partial charge < -0.3 is 20.0 Å². The molecule has 1 aliphatic heterocycles. The van der Waals surface area contributed by atoms with Gasteiger partial charge in [-0.25, -0.2) is 14.6 Å². The van der Waals surface area contributed by atoms with Crippen molar-refractivity contribution in [3.05, 3.63) is 10.2 Å². The molecule has 1 amide bonds. The number of aromatic nitrogens is 1. The number of aromatic carboxylic acids is 1. The zero-order valence-corrected chi connectivity index (χ0v) is 10.7. The van der Waals surface area contributed by atoms with Gasteiger partial charge in [0, 0.05) is 26.2 Å². The summed E-state index contributed by atoms with van der Waals surface area (Å²) in [6.45, 7) is 1.55. The second kappa shape index (κ2) is 4.99. The van der Waals surface area contributed by atoms with E-state index in [0.717, 1.165) is 11.3 Å². The molecule has 2 N–H and O–H groups in total. The third-order valence-electron chi connectivity index (χ3n) is 2.62. The number of hydrogen-bond acceptors (Lipinski definition) is 5. The van der Waals surface area contributed by atoms with E-state index in [4.69, 9.17) is 21.8 Å². The molecule has 2 heterocycles. The molecular formula is C9H10ClN3O4S. The van der Waals surface area contributed by atoms with Crippen LogP contribution in [0, 0.1) is 0 Å². The standard InChI is InChI=1S/C9H10ClN3O4S/c10-8-11-5(7(14)15)6(18-8)12-1-3-13(4-2-12)9(16)17/h1-4H2,(H,14,15)(H,16,17). The van der Waals surface area contributed by atoms with Crippen LogP contribution < -0.4 is 4.90 Å². The maximum absolute atomic E-state index is 11.0. The topological polar surface area (TPSA) is 94.0 Å². The number of halogens is 1. The Kier molecular flexibility index (Phi) is 3.58. The molecule has 7 nitrogen and oxygen atoms in total. The van der Waals surface area contributed by atoms with E-state index in [9.17, 15) is 9.59 Å². The number of hydrogen-bond donors (Lipinski definition) is 2. The lowest BCUT2D eigenvalue weighted by Crippen LogP contribution is -2.48. The molecule has 1 fully saturated rings. The van der Waals surface area contributed by atoms with Gasteiger partial charge in [0.2, 0.25) is 0 Å². The summed E-state index contributed by atoms with van der Waals surface area (Å²) in [5.74, 6) is -1.13. The highest BCUT2D eigenvalue weighted by Gasteiger charge is 2.26. The minimum absolute atomic E-state index is 0.0752. The molecule has 1 saturated heterocycles. The molecule has 0 aliphatic carbocycles. The molecule has 0 unspecified atom stereocenters. The van der Waals surface area contributed by atoms with Gasteiger partial charge >= 0.3 is 12.1 Å². The van der Waals surface area contributed by atoms with Crippen LogP contribution in [-0.2, 0) is 0 Å². The van der Waals surface area contributed by atoms with Crippen molar-refractivity contribution in [1.29, 1.82) is 0 Å². The number of amides is 1. The van der Waals surface area contributed by atoms with Gasteiger partial charge in [-0.1, -0.05) is 22.9 Å². The van der Waals surface area contributed by atoms with Crippen LogP contribution in [0.5, 0.6) is 0 Å². The van der Waals surface area contributed by atoms with Crippen molar-refractivity contribution < 1.29 is 19.8 Å². The van der Waals surface area contributed by atoms with Gasteiger partial charge in [-0.3, -0.25) is 0 Å². The van der Waals surface area contributed by atoms with E-state index in [1.165, 1.54) is 4.90 Å². The number of carbonyl (C=O) groups is 2. The first-order chi connectivity index (χ1) is 8.49. The SMILES string of the molecule is O=C(O)c1nc(Cl)sc1N1CCN(C(=O)O)CC1. The number of anilines is 1. The van der Waals surface area contributed by atoms with Gasteiger partial charge in [0.1, 0.15) is 5.00 Å². The highest BCUT2D eigenvalue weighted by Crippen LogP contribution is 2.32. The van der Waals surface area contributed by atoms with Gasteiger partial charge in [0.05, 0.1) is 0 Å². The summed E-state index contributed by atoms with van der Waals surface area (Å²) in [5, 5.41) is 18.3. The van der Waals surface area contributed by atoms with Crippen LogP contribution in [0.4, 0.5) is 9.80 Å². The third-order valence-corrected chi connectivity index (χ3v) is 3.84. The molecule has 18 heavy (non-hydrogen) atoms. The number of rotatable bonds is 2. The first-order valence-electron chi connectivity index (χ1n) is 5.11. The lowest BCUT2D eigenvalue weighted by atomic mass is 10.3. The molecule has 0 spiro atoms. The molecule has 1 aliphatic rings. The fraction of sp³-hybridized carbons (Fsp3) is 0.444. The van der Waals surface area contributed by atoms with E-state index >= 15 is 0 Å². The smallest absolute Gasteiger partial charge is 0.407 e. The van der Waals surface area contributed by atoms with Gasteiger partial charge in [-0.05, 0) is 0 Å². The first-order valence-corrected chi connectivity index (χ1v) is 6.31. The summed E-state index contributed by atoms with van der Waals surface area (Å²) in [5.41, 5.74) is -0.0752. The van der Waals surface area contributed by atoms with E-state index in [0.29, 0.717) is 31.2 Å². The van der Waals surface area contributed by atoms with Crippen molar-refractivity contribution in [2.45, 2.75) is 0 Å². The number of carboxylic acid groups (broad SMARTS) is 2. The van der Waals surface area contributed by atoms with Crippen molar-refractivity contribution in [2.24, 2.45) is 0 Å². The molecule has 0 bridgehead atoms. The molecule has 2 rings (SSSR count). The zero-order valence-electron chi connectivity index (χ0n) is 9.17. The number of nitrogens with zero attached hydrogens (tertiary/aromatic N) is 3. The fourth-order valence-corrected chi connectivity index (χ4v) is 2.88. The van der Waals surface area contributed by atoms with E-state index in [2.05, 4.69) is 4.98 Å². The van der Waals surface area contributed by atoms with Crippen LogP contribution in [0.25, 0.3) is 0 Å². The Bertz CT molecular complexity index is 484. The summed E-state index contributed by atoms with van der Waals surface area (Å²) in [6.07, 6.45) is -0.963. The lowest BCUT2D eigenvalue weighted by molar-refractivity contribution is 0.0691. The van der Waals surface area contributed by atoms with E-state index < -0.39 is 12.1 Å². The molecule has 0 saturated carbocycles. The number of piperazine rings is 1. The minimum atomic E-state index is -1.13. The van der Waals surface area contributed by atoms with Crippen LogP contribution in [0.3, 0.4) is 0 Å². The second-order valence-corrected chi connectivity index (χ2v) is 5.24. The molecule has 0 atom stereocenters. The van der Waals surface area contributed by atoms with Crippen molar-refractivity contribution >= 4 is 40.0 Å². The number of carboxylic acids is 1. The summed E-state index contributed by atoms with van der Waals surface area (Å²) in [4.78, 5) is 28.6. The van der Waals surface area contributed by atoms with Gasteiger partial charge in [-0.2, -0.15) is 0 Å². The van der Waals surface area contributed by atoms with Crippen molar-refractivity contribution in [1.82, 2.24) is 9.88 Å². The summed E-state index contributed by atoms with van der Waals surface area (Å²) < 4.78 is 0.170. The van der Waals surface area contributed by atoms with E-state index in [1.807, 2.05) is 0 Å². The first kappa shape index (κ1) is 12.9. The van der Waals surface area contributed by atoms with E-state index in [1.54, 1.807) is 4.90 Å². The predicted molar refractivity (Wildman–Crippen MR) is 65.9 cm³/mol. The Morgan fingerprint density at radius 3 is 2.33 bits per heavy atom. The summed E-state index contributed by atoms with van der Waals surface area (Å²) in [6, 6.07) is 0. The maximum Gasteiger partial charge on any atom is 0.407 e. The average molecular weight is 292 g/mol. The average Bonchev–Trinajstić information content (AvgIpc) is 2.71. The third kappa shape index (κ3) is 2.49. The Hall–Kier alpha value is -1.54. The summed E-state index contributed by atoms with van der Waals surface area (Å²) in [7, 11) is 0. The normalized spacial score (nSPS) is 15.8. The molecule has 0 radical (unpaired) electrons. The zero-order chi connectivity index (χ0) is 13.3. The largest absolute Gasteiger partial charge is 0.476 e. The molecule has 98 valence electrons. The lowest BCUT2D eigenvalue weighted by Gasteiger charge is -2.33. The van der Waals surface area contributed by atoms with Gasteiger partial charge in [0.25, 0.3) is 0 Å². The Morgan fingerprint density at radius 2 is 1.83 bits per heavy atom. The van der Waals surface area contributed by atoms with E-state index in [-0.39, 0.29) is 10.2 Å². The highest BCUT2D eigenvalue weighted by molar-refractivity contribution is 7.19. The quantitative estimate of drug-likeness (QED) is 0.853. The van der Waals surface area contributed by atoms with Crippen LogP contribution >= 0.6 is 22.9 Å². The molecular weight excluding hydrogens is 282 g/mol. The minimum Gasteiger partial charge on any atom is -0.476 e. The Balaban J connectivity index is 2.14. The number of thiazole rings is 1. The molecule has 9 heteroatoms. The Labute approximate surface area is 111 Å². The van der Waals surface area contributed by atoms with Crippen LogP contribution in [-0.4, -0.2) is 58.3 Å². The van der Waals surface area contributed by atoms with Crippen LogP contribution in [0.1, 0.15) is 10.5 Å². The Morgan fingerprint density at radius 1 is 1.22 bits per heavy atom. The van der Waals surface area contributed by atoms with Crippen LogP contribution in [0.15, 0.2) is 0 Å². The van der Waals surface area contributed by atoms with Gasteiger partial charge in [-0.15, -0.1) is 0 Å². The van der Waals surface area contributed by atoms with Crippen molar-refractivity contribution in [2.75, 3.05) is 31.1 Å². The fourth-order valence-electron chi connectivity index (χ4n) is 1.74. The molecule has 1 aromatic rings. The molecule has 0 aromatic carbocycles. The van der Waals surface area contributed by atoms with Gasteiger partial charge in [0.15, 0.2) is 10.2 Å². The van der Waals surface area contributed by atoms with Crippen molar-refractivity contribution in [3.8, 4) is 0 Å². The van der Waals surface area contributed by atoms with Crippen molar-refractivity contribution in [3.63, 3.8) is 0 Å². The highest BCUT2D eigenvalue weighted by atomic mass is 35.5. The van der Waals surface area contributed by atoms with Crippen LogP contribution in [0.2, 0.25) is 4.47 Å².